The van der Waals surface area contributed by atoms with Gasteiger partial charge in [-0.2, -0.15) is 0 Å². The summed E-state index contributed by atoms with van der Waals surface area (Å²) in [6.07, 6.45) is 4.05. The molecule has 0 bridgehead atoms. The summed E-state index contributed by atoms with van der Waals surface area (Å²) in [7, 11) is 0. The van der Waals surface area contributed by atoms with Crippen molar-refractivity contribution >= 4 is 12.0 Å². The topological polar surface area (TPSA) is 61.9 Å². The minimum atomic E-state index is -0.231. The van der Waals surface area contributed by atoms with Gasteiger partial charge in [0.25, 0.3) is 0 Å². The van der Waals surface area contributed by atoms with E-state index in [9.17, 15) is 9.59 Å². The van der Waals surface area contributed by atoms with E-state index in [0.29, 0.717) is 32.2 Å². The highest BCUT2D eigenvalue weighted by molar-refractivity contribution is 5.79. The molecule has 0 aliphatic carbocycles. The fourth-order valence-electron chi connectivity index (χ4n) is 4.19. The van der Waals surface area contributed by atoms with Crippen molar-refractivity contribution in [3.8, 4) is 0 Å². The van der Waals surface area contributed by atoms with Crippen LogP contribution >= 0.6 is 0 Å². The number of amides is 2. The van der Waals surface area contributed by atoms with Gasteiger partial charge in [0.15, 0.2) is 0 Å². The standard InChI is InChI=1S/C21H31N3O3/c1-2-27-21(26)23-14-11-19(12-15-23)24-18(8-9-20(24)25)10-13-22-16-17-6-4-3-5-7-17/h3-7,18-19,22H,2,8-16H2,1H3/t18-/m1/s1. The second-order valence-electron chi connectivity index (χ2n) is 7.36. The summed E-state index contributed by atoms with van der Waals surface area (Å²) in [5.41, 5.74) is 1.28. The van der Waals surface area contributed by atoms with E-state index in [1.165, 1.54) is 5.56 Å². The van der Waals surface area contributed by atoms with E-state index in [0.717, 1.165) is 38.8 Å². The monoisotopic (exact) mass is 373 g/mol. The molecule has 2 heterocycles. The van der Waals surface area contributed by atoms with Gasteiger partial charge in [-0.15, -0.1) is 0 Å². The first-order valence-corrected chi connectivity index (χ1v) is 10.2. The van der Waals surface area contributed by atoms with E-state index < -0.39 is 0 Å². The Balaban J connectivity index is 1.45. The van der Waals surface area contributed by atoms with Crippen molar-refractivity contribution in [2.24, 2.45) is 0 Å². The minimum absolute atomic E-state index is 0.231. The minimum Gasteiger partial charge on any atom is -0.450 e. The number of benzene rings is 1. The van der Waals surface area contributed by atoms with Crippen LogP contribution in [0, 0.1) is 0 Å². The lowest BCUT2D eigenvalue weighted by Gasteiger charge is -2.39. The molecule has 0 saturated carbocycles. The predicted molar refractivity (Wildman–Crippen MR) is 104 cm³/mol. The van der Waals surface area contributed by atoms with Crippen molar-refractivity contribution in [2.45, 2.75) is 57.7 Å². The third-order valence-electron chi connectivity index (χ3n) is 5.58. The van der Waals surface area contributed by atoms with E-state index in [2.05, 4.69) is 34.5 Å². The molecule has 1 atom stereocenters. The molecule has 0 unspecified atom stereocenters. The Morgan fingerprint density at radius 1 is 1.19 bits per heavy atom. The summed E-state index contributed by atoms with van der Waals surface area (Å²) in [6, 6.07) is 10.9. The van der Waals surface area contributed by atoms with Crippen LogP contribution in [-0.4, -0.2) is 60.1 Å². The first kappa shape index (κ1) is 19.7. The average molecular weight is 373 g/mol. The molecule has 6 heteroatoms. The highest BCUT2D eigenvalue weighted by Crippen LogP contribution is 2.28. The zero-order chi connectivity index (χ0) is 19.1. The van der Waals surface area contributed by atoms with Gasteiger partial charge in [-0.25, -0.2) is 4.79 Å². The van der Waals surface area contributed by atoms with Crippen LogP contribution in [0.1, 0.15) is 44.6 Å². The average Bonchev–Trinajstić information content (AvgIpc) is 3.07. The maximum absolute atomic E-state index is 12.5. The van der Waals surface area contributed by atoms with Crippen LogP contribution in [0.3, 0.4) is 0 Å². The van der Waals surface area contributed by atoms with Gasteiger partial charge in [-0.3, -0.25) is 4.79 Å². The van der Waals surface area contributed by atoms with Gasteiger partial charge in [0.2, 0.25) is 5.91 Å². The first-order chi connectivity index (χ1) is 13.2. The summed E-state index contributed by atoms with van der Waals surface area (Å²) < 4.78 is 5.08. The Morgan fingerprint density at radius 3 is 2.63 bits per heavy atom. The van der Waals surface area contributed by atoms with Gasteiger partial charge in [-0.05, 0) is 44.7 Å². The third-order valence-corrected chi connectivity index (χ3v) is 5.58. The predicted octanol–water partition coefficient (Wildman–Crippen LogP) is 2.78. The Bertz CT molecular complexity index is 614. The second kappa shape index (κ2) is 9.74. The second-order valence-corrected chi connectivity index (χ2v) is 7.36. The fraction of sp³-hybridized carbons (Fsp3) is 0.619. The highest BCUT2D eigenvalue weighted by atomic mass is 16.6. The summed E-state index contributed by atoms with van der Waals surface area (Å²) in [5.74, 6) is 0.276. The number of hydrogen-bond acceptors (Lipinski definition) is 4. The van der Waals surface area contributed by atoms with Crippen molar-refractivity contribution in [1.29, 1.82) is 0 Å². The van der Waals surface area contributed by atoms with E-state index >= 15 is 0 Å². The summed E-state index contributed by atoms with van der Waals surface area (Å²) in [6.45, 7) is 5.34. The zero-order valence-corrected chi connectivity index (χ0v) is 16.2. The molecule has 2 saturated heterocycles. The fourth-order valence-corrected chi connectivity index (χ4v) is 4.19. The highest BCUT2D eigenvalue weighted by Gasteiger charge is 2.37. The molecule has 27 heavy (non-hydrogen) atoms. The Labute approximate surface area is 161 Å². The van der Waals surface area contributed by atoms with Crippen LogP contribution in [0.5, 0.6) is 0 Å². The van der Waals surface area contributed by atoms with Gasteiger partial charge in [-0.1, -0.05) is 30.3 Å². The lowest BCUT2D eigenvalue weighted by atomic mass is 10.0. The summed E-state index contributed by atoms with van der Waals surface area (Å²) >= 11 is 0. The molecule has 2 amide bonds. The van der Waals surface area contributed by atoms with Crippen LogP contribution in [0.15, 0.2) is 30.3 Å². The molecule has 0 radical (unpaired) electrons. The summed E-state index contributed by atoms with van der Waals surface area (Å²) in [4.78, 5) is 28.2. The maximum Gasteiger partial charge on any atom is 0.409 e. The van der Waals surface area contributed by atoms with Crippen LogP contribution in [0.25, 0.3) is 0 Å². The molecule has 0 aromatic heterocycles. The Morgan fingerprint density at radius 2 is 1.93 bits per heavy atom. The van der Waals surface area contributed by atoms with Crippen molar-refractivity contribution in [3.05, 3.63) is 35.9 Å². The van der Waals surface area contributed by atoms with E-state index in [1.54, 1.807) is 4.90 Å². The SMILES string of the molecule is CCOC(=O)N1CCC(N2C(=O)CC[C@@H]2CCNCc2ccccc2)CC1. The lowest BCUT2D eigenvalue weighted by molar-refractivity contribution is -0.132. The quantitative estimate of drug-likeness (QED) is 0.747. The molecule has 3 rings (SSSR count). The molecule has 1 aromatic rings. The number of nitrogens with zero attached hydrogens (tertiary/aromatic N) is 2. The molecule has 6 nitrogen and oxygen atoms in total. The van der Waals surface area contributed by atoms with Gasteiger partial charge in [0.1, 0.15) is 0 Å². The molecule has 0 spiro atoms. The molecule has 2 fully saturated rings. The molecule has 2 aliphatic heterocycles. The number of ether oxygens (including phenoxy) is 1. The van der Waals surface area contributed by atoms with Crippen LogP contribution < -0.4 is 5.32 Å². The number of nitrogens with one attached hydrogen (secondary N) is 1. The summed E-state index contributed by atoms with van der Waals surface area (Å²) in [5, 5.41) is 3.50. The molecule has 148 valence electrons. The molecule has 2 aliphatic rings. The van der Waals surface area contributed by atoms with Gasteiger partial charge < -0.3 is 19.9 Å². The Hall–Kier alpha value is -2.08. The molecule has 1 aromatic carbocycles. The molecular formula is C21H31N3O3. The largest absolute Gasteiger partial charge is 0.450 e. The molecular weight excluding hydrogens is 342 g/mol. The zero-order valence-electron chi connectivity index (χ0n) is 16.2. The number of piperidine rings is 1. The first-order valence-electron chi connectivity index (χ1n) is 10.2. The van der Waals surface area contributed by atoms with Crippen molar-refractivity contribution < 1.29 is 14.3 Å². The maximum atomic E-state index is 12.5. The number of hydrogen-bond donors (Lipinski definition) is 1. The smallest absolute Gasteiger partial charge is 0.409 e. The Kier molecular flexibility index (Phi) is 7.10. The van der Waals surface area contributed by atoms with Crippen molar-refractivity contribution in [3.63, 3.8) is 0 Å². The number of likely N-dealkylation sites (tertiary alicyclic amines) is 2. The van der Waals surface area contributed by atoms with E-state index in [-0.39, 0.29) is 18.0 Å². The van der Waals surface area contributed by atoms with Crippen LogP contribution in [0.4, 0.5) is 4.79 Å². The van der Waals surface area contributed by atoms with E-state index in [1.807, 2.05) is 13.0 Å². The van der Waals surface area contributed by atoms with Crippen LogP contribution in [-0.2, 0) is 16.1 Å². The van der Waals surface area contributed by atoms with E-state index in [4.69, 9.17) is 4.74 Å². The lowest BCUT2D eigenvalue weighted by Crippen LogP contribution is -2.50. The number of rotatable bonds is 7. The number of carbonyl (C=O) groups excluding carboxylic acids is 2. The van der Waals surface area contributed by atoms with Gasteiger partial charge in [0, 0.05) is 38.1 Å². The van der Waals surface area contributed by atoms with Gasteiger partial charge in [0.05, 0.1) is 6.61 Å². The molecule has 1 N–H and O–H groups in total. The third kappa shape index (κ3) is 5.22. The van der Waals surface area contributed by atoms with Crippen molar-refractivity contribution in [1.82, 2.24) is 15.1 Å². The van der Waals surface area contributed by atoms with Crippen molar-refractivity contribution in [2.75, 3.05) is 26.2 Å². The number of carbonyl (C=O) groups is 2. The van der Waals surface area contributed by atoms with Gasteiger partial charge >= 0.3 is 6.09 Å². The van der Waals surface area contributed by atoms with Crippen LogP contribution in [0.2, 0.25) is 0 Å². The normalized spacial score (nSPS) is 20.9.